The van der Waals surface area contributed by atoms with Crippen molar-refractivity contribution in [2.24, 2.45) is 0 Å². The zero-order valence-electron chi connectivity index (χ0n) is 11.5. The quantitative estimate of drug-likeness (QED) is 0.840. The summed E-state index contributed by atoms with van der Waals surface area (Å²) in [4.78, 5) is 4.26. The zero-order valence-corrected chi connectivity index (χ0v) is 12.3. The highest BCUT2D eigenvalue weighted by Crippen LogP contribution is 2.38. The van der Waals surface area contributed by atoms with Gasteiger partial charge in [0.05, 0.1) is 17.9 Å². The maximum atomic E-state index is 8.97. The maximum Gasteiger partial charge on any atom is 0.238 e. The fourth-order valence-electron chi connectivity index (χ4n) is 2.29. The van der Waals surface area contributed by atoms with Crippen LogP contribution in [0.2, 0.25) is 5.02 Å². The molecule has 2 aromatic rings. The molecule has 1 aromatic heterocycles. The summed E-state index contributed by atoms with van der Waals surface area (Å²) < 4.78 is 11.5. The first-order chi connectivity index (χ1) is 10.2. The summed E-state index contributed by atoms with van der Waals surface area (Å²) in [5.41, 5.74) is 2.15. The molecule has 0 radical (unpaired) electrons. The average Bonchev–Trinajstić information content (AvgIpc) is 2.51. The van der Waals surface area contributed by atoms with Crippen molar-refractivity contribution in [3.63, 3.8) is 0 Å². The smallest absolute Gasteiger partial charge is 0.238 e. The van der Waals surface area contributed by atoms with Gasteiger partial charge in [0.2, 0.25) is 5.88 Å². The van der Waals surface area contributed by atoms with Gasteiger partial charge in [-0.25, -0.2) is 4.98 Å². The van der Waals surface area contributed by atoms with Gasteiger partial charge in [-0.1, -0.05) is 23.7 Å². The lowest BCUT2D eigenvalue weighted by atomic mass is 10.1. The second-order valence-corrected chi connectivity index (χ2v) is 5.23. The normalized spacial score (nSPS) is 13.0. The summed E-state index contributed by atoms with van der Waals surface area (Å²) in [7, 11) is 0. The third-order valence-corrected chi connectivity index (χ3v) is 3.63. The van der Waals surface area contributed by atoms with Crippen molar-refractivity contribution in [1.82, 2.24) is 4.98 Å². The second-order valence-electron chi connectivity index (χ2n) is 4.82. The van der Waals surface area contributed by atoms with E-state index in [0.29, 0.717) is 28.6 Å². The van der Waals surface area contributed by atoms with E-state index in [1.54, 1.807) is 13.0 Å². The fraction of sp³-hybridized carbons (Fsp3) is 0.250. The largest absolute Gasteiger partial charge is 0.489 e. The number of fused-ring (bicyclic) bond motifs is 1. The molecule has 0 fully saturated rings. The summed E-state index contributed by atoms with van der Waals surface area (Å²) >= 11 is 6.13. The Morgan fingerprint density at radius 3 is 3.10 bits per heavy atom. The van der Waals surface area contributed by atoms with Gasteiger partial charge in [-0.2, -0.15) is 5.26 Å². The predicted octanol–water partition coefficient (Wildman–Crippen LogP) is 4.03. The second kappa shape index (κ2) is 5.63. The molecule has 0 bridgehead atoms. The monoisotopic (exact) mass is 300 g/mol. The SMILES string of the molecule is Cc1nc(Oc2cccc3c2OCCC3)c(Cl)cc1C#N. The van der Waals surface area contributed by atoms with Crippen molar-refractivity contribution in [2.75, 3.05) is 6.61 Å². The van der Waals surface area contributed by atoms with E-state index in [4.69, 9.17) is 26.3 Å². The molecule has 0 N–H and O–H groups in total. The number of aromatic nitrogens is 1. The highest BCUT2D eigenvalue weighted by atomic mass is 35.5. The number of halogens is 1. The Hall–Kier alpha value is -2.25. The molecule has 0 atom stereocenters. The number of hydrogen-bond donors (Lipinski definition) is 0. The molecule has 0 spiro atoms. The highest BCUT2D eigenvalue weighted by molar-refractivity contribution is 6.32. The molecule has 5 heteroatoms. The van der Waals surface area contributed by atoms with Crippen molar-refractivity contribution < 1.29 is 9.47 Å². The number of nitriles is 1. The van der Waals surface area contributed by atoms with Crippen LogP contribution in [-0.2, 0) is 6.42 Å². The third kappa shape index (κ3) is 2.65. The van der Waals surface area contributed by atoms with Crippen LogP contribution in [-0.4, -0.2) is 11.6 Å². The van der Waals surface area contributed by atoms with Crippen LogP contribution >= 0.6 is 11.6 Å². The van der Waals surface area contributed by atoms with Crippen LogP contribution in [0.5, 0.6) is 17.4 Å². The summed E-state index contributed by atoms with van der Waals surface area (Å²) in [6, 6.07) is 9.40. The Morgan fingerprint density at radius 1 is 1.43 bits per heavy atom. The molecular formula is C16H13ClN2O2. The van der Waals surface area contributed by atoms with Crippen LogP contribution in [0, 0.1) is 18.3 Å². The molecule has 1 aliphatic heterocycles. The van der Waals surface area contributed by atoms with Crippen LogP contribution in [0.4, 0.5) is 0 Å². The molecule has 21 heavy (non-hydrogen) atoms. The molecule has 1 aliphatic rings. The van der Waals surface area contributed by atoms with E-state index in [1.165, 1.54) is 0 Å². The number of pyridine rings is 1. The first kappa shape index (κ1) is 13.7. The Labute approximate surface area is 127 Å². The Bertz CT molecular complexity index is 738. The fourth-order valence-corrected chi connectivity index (χ4v) is 2.48. The number of ether oxygens (including phenoxy) is 2. The Balaban J connectivity index is 1.98. The van der Waals surface area contributed by atoms with Crippen LogP contribution in [0.15, 0.2) is 24.3 Å². The molecule has 0 saturated carbocycles. The van der Waals surface area contributed by atoms with Crippen molar-refractivity contribution >= 4 is 11.6 Å². The predicted molar refractivity (Wildman–Crippen MR) is 79.0 cm³/mol. The van der Waals surface area contributed by atoms with Gasteiger partial charge in [0, 0.05) is 0 Å². The molecule has 2 heterocycles. The summed E-state index contributed by atoms with van der Waals surface area (Å²) in [6.07, 6.45) is 1.98. The van der Waals surface area contributed by atoms with Gasteiger partial charge >= 0.3 is 0 Å². The van der Waals surface area contributed by atoms with Gasteiger partial charge < -0.3 is 9.47 Å². The molecule has 106 valence electrons. The van der Waals surface area contributed by atoms with Gasteiger partial charge in [0.25, 0.3) is 0 Å². The molecule has 0 saturated heterocycles. The van der Waals surface area contributed by atoms with Crippen LogP contribution < -0.4 is 9.47 Å². The highest BCUT2D eigenvalue weighted by Gasteiger charge is 2.18. The topological polar surface area (TPSA) is 55.1 Å². The van der Waals surface area contributed by atoms with E-state index in [2.05, 4.69) is 4.98 Å². The van der Waals surface area contributed by atoms with Gasteiger partial charge in [-0.3, -0.25) is 0 Å². The van der Waals surface area contributed by atoms with E-state index >= 15 is 0 Å². The minimum atomic E-state index is 0.288. The average molecular weight is 301 g/mol. The molecule has 3 rings (SSSR count). The van der Waals surface area contributed by atoms with Gasteiger partial charge in [0.15, 0.2) is 11.5 Å². The van der Waals surface area contributed by atoms with Gasteiger partial charge in [-0.15, -0.1) is 0 Å². The minimum Gasteiger partial charge on any atom is -0.489 e. The van der Waals surface area contributed by atoms with Gasteiger partial charge in [0.1, 0.15) is 11.1 Å². The van der Waals surface area contributed by atoms with Crippen molar-refractivity contribution in [3.05, 3.63) is 46.1 Å². The van der Waals surface area contributed by atoms with E-state index < -0.39 is 0 Å². The third-order valence-electron chi connectivity index (χ3n) is 3.36. The maximum absolute atomic E-state index is 8.97. The lowest BCUT2D eigenvalue weighted by molar-refractivity contribution is 0.274. The lowest BCUT2D eigenvalue weighted by Gasteiger charge is -2.20. The first-order valence-corrected chi connectivity index (χ1v) is 7.06. The molecule has 1 aromatic carbocycles. The molecule has 0 unspecified atom stereocenters. The summed E-state index contributed by atoms with van der Waals surface area (Å²) in [5.74, 6) is 1.64. The lowest BCUT2D eigenvalue weighted by Crippen LogP contribution is -2.09. The summed E-state index contributed by atoms with van der Waals surface area (Å²) in [5, 5.41) is 9.28. The van der Waals surface area contributed by atoms with Crippen LogP contribution in [0.3, 0.4) is 0 Å². The van der Waals surface area contributed by atoms with E-state index in [0.717, 1.165) is 24.2 Å². The molecule has 0 amide bonds. The van der Waals surface area contributed by atoms with E-state index in [1.807, 2.05) is 24.3 Å². The molecular weight excluding hydrogens is 288 g/mol. The number of benzene rings is 1. The number of para-hydroxylation sites is 1. The number of nitrogens with zero attached hydrogens (tertiary/aromatic N) is 2. The number of rotatable bonds is 2. The summed E-state index contributed by atoms with van der Waals surface area (Å²) in [6.45, 7) is 2.43. The number of hydrogen-bond acceptors (Lipinski definition) is 4. The molecule has 0 aliphatic carbocycles. The minimum absolute atomic E-state index is 0.288. The Kier molecular flexibility index (Phi) is 3.68. The standard InChI is InChI=1S/C16H13ClN2O2/c1-10-12(9-18)8-13(17)16(19-10)21-14-6-2-4-11-5-3-7-20-15(11)14/h2,4,6,8H,3,5,7H2,1H3. The van der Waals surface area contributed by atoms with Crippen molar-refractivity contribution in [1.29, 1.82) is 5.26 Å². The van der Waals surface area contributed by atoms with Crippen molar-refractivity contribution in [2.45, 2.75) is 19.8 Å². The molecule has 4 nitrogen and oxygen atoms in total. The van der Waals surface area contributed by atoms with Crippen LogP contribution in [0.25, 0.3) is 0 Å². The van der Waals surface area contributed by atoms with Crippen molar-refractivity contribution in [3.8, 4) is 23.4 Å². The van der Waals surface area contributed by atoms with E-state index in [9.17, 15) is 0 Å². The van der Waals surface area contributed by atoms with Crippen LogP contribution in [0.1, 0.15) is 23.2 Å². The zero-order chi connectivity index (χ0) is 14.8. The van der Waals surface area contributed by atoms with Gasteiger partial charge in [-0.05, 0) is 37.5 Å². The number of aryl methyl sites for hydroxylation is 2. The van der Waals surface area contributed by atoms with E-state index in [-0.39, 0.29) is 5.88 Å². The first-order valence-electron chi connectivity index (χ1n) is 6.69. The Morgan fingerprint density at radius 2 is 2.29 bits per heavy atom.